The van der Waals surface area contributed by atoms with Crippen molar-refractivity contribution in [2.75, 3.05) is 0 Å². The Morgan fingerprint density at radius 1 is 0.960 bits per heavy atom. The summed E-state index contributed by atoms with van der Waals surface area (Å²) in [6.07, 6.45) is -3.12. The summed E-state index contributed by atoms with van der Waals surface area (Å²) in [5.74, 6) is 0.318. The summed E-state index contributed by atoms with van der Waals surface area (Å²) >= 11 is 3.40. The molecule has 0 aliphatic carbocycles. The molecule has 126 valence electrons. The van der Waals surface area contributed by atoms with E-state index in [1.165, 1.54) is 10.9 Å². The van der Waals surface area contributed by atoms with E-state index in [2.05, 4.69) is 21.0 Å². The van der Waals surface area contributed by atoms with Crippen LogP contribution < -0.4 is 0 Å². The highest BCUT2D eigenvalue weighted by molar-refractivity contribution is 9.10. The molecular weight excluding hydrogens is 397 g/mol. The molecule has 0 fully saturated rings. The largest absolute Gasteiger partial charge is 0.463 e. The highest BCUT2D eigenvalue weighted by Crippen LogP contribution is 2.34. The third kappa shape index (κ3) is 2.95. The zero-order valence-electron chi connectivity index (χ0n) is 12.6. The van der Waals surface area contributed by atoms with Gasteiger partial charge in [-0.25, -0.2) is 4.68 Å². The number of hydrogen-bond donors (Lipinski definition) is 0. The molecular formula is C18H10BrF3N2O. The first-order valence-corrected chi connectivity index (χ1v) is 8.12. The molecule has 4 aromatic rings. The maximum absolute atomic E-state index is 13.1. The maximum Gasteiger partial charge on any atom is 0.435 e. The van der Waals surface area contributed by atoms with Gasteiger partial charge in [-0.1, -0.05) is 28.1 Å². The Kier molecular flexibility index (Phi) is 3.68. The third-order valence-corrected chi connectivity index (χ3v) is 4.30. The van der Waals surface area contributed by atoms with Gasteiger partial charge in [0.15, 0.2) is 11.5 Å². The van der Waals surface area contributed by atoms with Crippen molar-refractivity contribution in [3.8, 4) is 17.1 Å². The highest BCUT2D eigenvalue weighted by Gasteiger charge is 2.35. The molecule has 0 saturated carbocycles. The molecule has 0 unspecified atom stereocenters. The van der Waals surface area contributed by atoms with Gasteiger partial charge in [0.1, 0.15) is 5.69 Å². The lowest BCUT2D eigenvalue weighted by molar-refractivity contribution is -0.141. The molecule has 3 nitrogen and oxygen atoms in total. The van der Waals surface area contributed by atoms with Crippen LogP contribution in [-0.4, -0.2) is 9.78 Å². The van der Waals surface area contributed by atoms with E-state index in [9.17, 15) is 13.2 Å². The van der Waals surface area contributed by atoms with Crippen LogP contribution >= 0.6 is 15.9 Å². The zero-order chi connectivity index (χ0) is 17.6. The molecule has 0 aliphatic rings. The standard InChI is InChI=1S/C18H10BrF3N2O/c19-13-5-3-12-9-14(6-4-11(12)8-13)24-15(16-2-1-7-25-16)10-17(23-24)18(20,21)22/h1-10H. The van der Waals surface area contributed by atoms with Crippen molar-refractivity contribution in [2.45, 2.75) is 6.18 Å². The summed E-state index contributed by atoms with van der Waals surface area (Å²) in [4.78, 5) is 0. The molecule has 0 saturated heterocycles. The summed E-state index contributed by atoms with van der Waals surface area (Å²) in [6, 6.07) is 15.3. The fraction of sp³-hybridized carbons (Fsp3) is 0.0556. The minimum absolute atomic E-state index is 0.244. The number of rotatable bonds is 2. The lowest BCUT2D eigenvalue weighted by Crippen LogP contribution is -2.07. The Bertz CT molecular complexity index is 1050. The van der Waals surface area contributed by atoms with Crippen LogP contribution in [0.5, 0.6) is 0 Å². The van der Waals surface area contributed by atoms with Gasteiger partial charge in [0.2, 0.25) is 0 Å². The Morgan fingerprint density at radius 2 is 1.72 bits per heavy atom. The minimum Gasteiger partial charge on any atom is -0.463 e. The van der Waals surface area contributed by atoms with Crippen molar-refractivity contribution in [1.29, 1.82) is 0 Å². The second-order valence-electron chi connectivity index (χ2n) is 5.48. The van der Waals surface area contributed by atoms with Crippen LogP contribution in [-0.2, 0) is 6.18 Å². The maximum atomic E-state index is 13.1. The van der Waals surface area contributed by atoms with Gasteiger partial charge in [-0.2, -0.15) is 18.3 Å². The molecule has 4 rings (SSSR count). The van der Waals surface area contributed by atoms with Gasteiger partial charge in [-0.3, -0.25) is 0 Å². The molecule has 0 aliphatic heterocycles. The smallest absolute Gasteiger partial charge is 0.435 e. The quantitative estimate of drug-likeness (QED) is 0.404. The highest BCUT2D eigenvalue weighted by atomic mass is 79.9. The van der Waals surface area contributed by atoms with E-state index in [1.54, 1.807) is 24.3 Å². The van der Waals surface area contributed by atoms with Gasteiger partial charge >= 0.3 is 6.18 Å². The van der Waals surface area contributed by atoms with Gasteiger partial charge in [-0.05, 0) is 47.2 Å². The van der Waals surface area contributed by atoms with Crippen molar-refractivity contribution in [1.82, 2.24) is 9.78 Å². The average molecular weight is 407 g/mol. The van der Waals surface area contributed by atoms with Crippen molar-refractivity contribution in [3.63, 3.8) is 0 Å². The summed E-state index contributed by atoms with van der Waals surface area (Å²) < 4.78 is 46.8. The number of nitrogens with zero attached hydrogens (tertiary/aromatic N) is 2. The number of alkyl halides is 3. The molecule has 0 radical (unpaired) electrons. The van der Waals surface area contributed by atoms with Gasteiger partial charge in [-0.15, -0.1) is 0 Å². The van der Waals surface area contributed by atoms with E-state index in [0.717, 1.165) is 21.3 Å². The lowest BCUT2D eigenvalue weighted by Gasteiger charge is -2.08. The summed E-state index contributed by atoms with van der Waals surface area (Å²) in [5, 5.41) is 5.63. The topological polar surface area (TPSA) is 31.0 Å². The predicted molar refractivity (Wildman–Crippen MR) is 91.5 cm³/mol. The van der Waals surface area contributed by atoms with Gasteiger partial charge < -0.3 is 4.42 Å². The number of benzene rings is 2. The zero-order valence-corrected chi connectivity index (χ0v) is 14.2. The second kappa shape index (κ2) is 5.77. The monoisotopic (exact) mass is 406 g/mol. The number of fused-ring (bicyclic) bond motifs is 1. The summed E-state index contributed by atoms with van der Waals surface area (Å²) in [5.41, 5.74) is -0.194. The van der Waals surface area contributed by atoms with Crippen LogP contribution in [0.4, 0.5) is 13.2 Å². The van der Waals surface area contributed by atoms with Gasteiger partial charge in [0, 0.05) is 10.5 Å². The molecule has 2 heterocycles. The Balaban J connectivity index is 1.92. The number of hydrogen-bond acceptors (Lipinski definition) is 2. The normalized spacial score (nSPS) is 12.0. The molecule has 2 aromatic heterocycles. The Morgan fingerprint density at radius 3 is 2.44 bits per heavy atom. The molecule has 0 atom stereocenters. The van der Waals surface area contributed by atoms with Crippen LogP contribution in [0, 0.1) is 0 Å². The summed E-state index contributed by atoms with van der Waals surface area (Å²) in [6.45, 7) is 0. The molecule has 0 spiro atoms. The SMILES string of the molecule is FC(F)(F)c1cc(-c2ccco2)n(-c2ccc3cc(Br)ccc3c2)n1. The van der Waals surface area contributed by atoms with Gasteiger partial charge in [0.25, 0.3) is 0 Å². The van der Waals surface area contributed by atoms with Crippen molar-refractivity contribution in [2.24, 2.45) is 0 Å². The van der Waals surface area contributed by atoms with Crippen LogP contribution in [0.3, 0.4) is 0 Å². The Hall–Kier alpha value is -2.54. The second-order valence-corrected chi connectivity index (χ2v) is 6.39. The van der Waals surface area contributed by atoms with E-state index in [4.69, 9.17) is 4.42 Å². The first kappa shape index (κ1) is 16.0. The summed E-state index contributed by atoms with van der Waals surface area (Å²) in [7, 11) is 0. The van der Waals surface area contributed by atoms with E-state index < -0.39 is 11.9 Å². The van der Waals surface area contributed by atoms with Gasteiger partial charge in [0.05, 0.1) is 12.0 Å². The number of furan rings is 1. The van der Waals surface area contributed by atoms with Crippen LogP contribution in [0.15, 0.2) is 69.8 Å². The predicted octanol–water partition coefficient (Wildman–Crippen LogP) is 6.07. The lowest BCUT2D eigenvalue weighted by atomic mass is 10.1. The van der Waals surface area contributed by atoms with Crippen LogP contribution in [0.25, 0.3) is 27.9 Å². The van der Waals surface area contributed by atoms with Crippen molar-refractivity contribution >= 4 is 26.7 Å². The molecule has 7 heteroatoms. The van der Waals surface area contributed by atoms with Crippen LogP contribution in [0.1, 0.15) is 5.69 Å². The molecule has 0 amide bonds. The first-order valence-electron chi connectivity index (χ1n) is 7.33. The molecule has 2 aromatic carbocycles. The van der Waals surface area contributed by atoms with E-state index in [1.807, 2.05) is 24.3 Å². The first-order chi connectivity index (χ1) is 11.9. The van der Waals surface area contributed by atoms with E-state index in [-0.39, 0.29) is 5.69 Å². The number of aromatic nitrogens is 2. The van der Waals surface area contributed by atoms with Crippen molar-refractivity contribution in [3.05, 3.63) is 71.0 Å². The van der Waals surface area contributed by atoms with E-state index in [0.29, 0.717) is 11.4 Å². The fourth-order valence-electron chi connectivity index (χ4n) is 2.65. The minimum atomic E-state index is -4.53. The third-order valence-electron chi connectivity index (χ3n) is 3.80. The van der Waals surface area contributed by atoms with Crippen LogP contribution in [0.2, 0.25) is 0 Å². The molecule has 0 bridgehead atoms. The molecule has 25 heavy (non-hydrogen) atoms. The number of halogens is 4. The van der Waals surface area contributed by atoms with E-state index >= 15 is 0 Å². The molecule has 0 N–H and O–H groups in total. The fourth-order valence-corrected chi connectivity index (χ4v) is 3.03. The Labute approximate surface area is 148 Å². The van der Waals surface area contributed by atoms with Crippen molar-refractivity contribution < 1.29 is 17.6 Å². The average Bonchev–Trinajstić information content (AvgIpc) is 3.23.